The van der Waals surface area contributed by atoms with E-state index < -0.39 is 0 Å². The number of guanidine groups is 1. The van der Waals surface area contributed by atoms with Crippen LogP contribution in [-0.2, 0) is 13.1 Å². The van der Waals surface area contributed by atoms with Gasteiger partial charge in [-0.3, -0.25) is 9.67 Å². The van der Waals surface area contributed by atoms with Crippen LogP contribution < -0.4 is 15.4 Å². The van der Waals surface area contributed by atoms with Crippen LogP contribution >= 0.6 is 0 Å². The molecular formula is C22H26FN5O. The van der Waals surface area contributed by atoms with Crippen molar-refractivity contribution >= 4 is 5.96 Å². The first-order chi connectivity index (χ1) is 14.1. The number of nitrogens with one attached hydrogen (secondary N) is 2. The van der Waals surface area contributed by atoms with E-state index in [9.17, 15) is 4.39 Å². The molecule has 0 radical (unpaired) electrons. The largest absolute Gasteiger partial charge is 0.486 e. The van der Waals surface area contributed by atoms with Gasteiger partial charge in [0.1, 0.15) is 6.10 Å². The molecule has 0 aliphatic heterocycles. The van der Waals surface area contributed by atoms with E-state index in [1.54, 1.807) is 25.2 Å². The summed E-state index contributed by atoms with van der Waals surface area (Å²) in [6.45, 7) is 3.69. The minimum absolute atomic E-state index is 0.223. The number of benzene rings is 2. The van der Waals surface area contributed by atoms with Gasteiger partial charge < -0.3 is 15.4 Å². The number of halogens is 1. The summed E-state index contributed by atoms with van der Waals surface area (Å²) >= 11 is 0. The number of hydrogen-bond donors (Lipinski definition) is 2. The summed E-state index contributed by atoms with van der Waals surface area (Å²) in [6.07, 6.45) is 3.63. The molecule has 0 saturated heterocycles. The number of aromatic nitrogens is 2. The maximum Gasteiger partial charge on any atom is 0.191 e. The molecule has 1 aromatic heterocycles. The minimum atomic E-state index is -0.366. The van der Waals surface area contributed by atoms with Crippen LogP contribution in [0.15, 0.2) is 72.0 Å². The van der Waals surface area contributed by atoms with Crippen molar-refractivity contribution in [3.63, 3.8) is 0 Å². The second-order valence-electron chi connectivity index (χ2n) is 6.70. The van der Waals surface area contributed by atoms with Crippen molar-refractivity contribution in [2.75, 3.05) is 13.6 Å². The standard InChI is InChI=1S/C22H26FN5O/c1-17(29-21-11-7-6-10-20(21)23)12-25-22(24-2)26-13-19-14-27-28(16-19)15-18-8-4-3-5-9-18/h3-11,14,16-17H,12-13,15H2,1-2H3,(H2,24,25,26). The summed E-state index contributed by atoms with van der Waals surface area (Å²) in [5.74, 6) is 0.523. The fourth-order valence-electron chi connectivity index (χ4n) is 2.80. The van der Waals surface area contributed by atoms with Gasteiger partial charge in [0.25, 0.3) is 0 Å². The highest BCUT2D eigenvalue weighted by atomic mass is 19.1. The Bertz CT molecular complexity index is 926. The van der Waals surface area contributed by atoms with E-state index in [4.69, 9.17) is 4.74 Å². The quantitative estimate of drug-likeness (QED) is 0.454. The topological polar surface area (TPSA) is 63.5 Å². The summed E-state index contributed by atoms with van der Waals surface area (Å²) in [7, 11) is 1.70. The molecule has 1 heterocycles. The lowest BCUT2D eigenvalue weighted by Crippen LogP contribution is -2.41. The molecule has 0 spiro atoms. The first-order valence-corrected chi connectivity index (χ1v) is 9.55. The summed E-state index contributed by atoms with van der Waals surface area (Å²) in [5.41, 5.74) is 2.26. The van der Waals surface area contributed by atoms with Gasteiger partial charge in [-0.05, 0) is 24.6 Å². The zero-order valence-corrected chi connectivity index (χ0v) is 16.7. The van der Waals surface area contributed by atoms with Crippen molar-refractivity contribution in [2.24, 2.45) is 4.99 Å². The lowest BCUT2D eigenvalue weighted by Gasteiger charge is -2.17. The van der Waals surface area contributed by atoms with E-state index in [0.717, 1.165) is 12.1 Å². The molecule has 6 nitrogen and oxygen atoms in total. The third-order valence-electron chi connectivity index (χ3n) is 4.28. The van der Waals surface area contributed by atoms with Crippen LogP contribution in [0, 0.1) is 5.82 Å². The average Bonchev–Trinajstić information content (AvgIpc) is 3.18. The van der Waals surface area contributed by atoms with Crippen LogP contribution in [-0.4, -0.2) is 35.4 Å². The Hall–Kier alpha value is -3.35. The summed E-state index contributed by atoms with van der Waals surface area (Å²) < 4.78 is 21.2. The highest BCUT2D eigenvalue weighted by Gasteiger charge is 2.09. The molecule has 0 aliphatic rings. The lowest BCUT2D eigenvalue weighted by atomic mass is 10.2. The molecule has 0 aliphatic carbocycles. The average molecular weight is 395 g/mol. The fraction of sp³-hybridized carbons (Fsp3) is 0.273. The summed E-state index contributed by atoms with van der Waals surface area (Å²) in [5, 5.41) is 10.8. The van der Waals surface area contributed by atoms with E-state index in [1.807, 2.05) is 42.2 Å². The molecule has 3 rings (SSSR count). The predicted molar refractivity (Wildman–Crippen MR) is 112 cm³/mol. The molecule has 0 saturated carbocycles. The molecule has 1 unspecified atom stereocenters. The van der Waals surface area contributed by atoms with Crippen LogP contribution in [0.25, 0.3) is 0 Å². The Morgan fingerprint density at radius 1 is 1.10 bits per heavy atom. The molecule has 7 heteroatoms. The number of hydrogen-bond acceptors (Lipinski definition) is 3. The number of aliphatic imine (C=N–C) groups is 1. The minimum Gasteiger partial charge on any atom is -0.486 e. The van der Waals surface area contributed by atoms with E-state index >= 15 is 0 Å². The second kappa shape index (κ2) is 10.3. The first kappa shape index (κ1) is 20.4. The van der Waals surface area contributed by atoms with E-state index in [-0.39, 0.29) is 17.7 Å². The number of rotatable bonds is 8. The Balaban J connectivity index is 1.44. The molecule has 152 valence electrons. The van der Waals surface area contributed by atoms with Gasteiger partial charge in [0.15, 0.2) is 17.5 Å². The monoisotopic (exact) mass is 395 g/mol. The maximum absolute atomic E-state index is 13.7. The zero-order chi connectivity index (χ0) is 20.5. The lowest BCUT2D eigenvalue weighted by molar-refractivity contribution is 0.214. The van der Waals surface area contributed by atoms with Gasteiger partial charge >= 0.3 is 0 Å². The van der Waals surface area contributed by atoms with Crippen molar-refractivity contribution in [2.45, 2.75) is 26.1 Å². The van der Waals surface area contributed by atoms with Gasteiger partial charge in [0.05, 0.1) is 19.3 Å². The van der Waals surface area contributed by atoms with Crippen LogP contribution in [0.1, 0.15) is 18.1 Å². The number of nitrogens with zero attached hydrogens (tertiary/aromatic N) is 3. The van der Waals surface area contributed by atoms with Gasteiger partial charge in [-0.15, -0.1) is 0 Å². The van der Waals surface area contributed by atoms with Gasteiger partial charge in [-0.25, -0.2) is 4.39 Å². The molecule has 3 aromatic rings. The van der Waals surface area contributed by atoms with Gasteiger partial charge in [0, 0.05) is 25.4 Å². The van der Waals surface area contributed by atoms with E-state index in [2.05, 4.69) is 32.9 Å². The van der Waals surface area contributed by atoms with Crippen LogP contribution in [0.3, 0.4) is 0 Å². The van der Waals surface area contributed by atoms with E-state index in [0.29, 0.717) is 19.0 Å². The predicted octanol–water partition coefficient (Wildman–Crippen LogP) is 3.20. The fourth-order valence-corrected chi connectivity index (χ4v) is 2.80. The maximum atomic E-state index is 13.7. The van der Waals surface area contributed by atoms with Crippen molar-refractivity contribution in [1.29, 1.82) is 0 Å². The van der Waals surface area contributed by atoms with Gasteiger partial charge in [-0.1, -0.05) is 42.5 Å². The first-order valence-electron chi connectivity index (χ1n) is 9.55. The molecule has 29 heavy (non-hydrogen) atoms. The Morgan fingerprint density at radius 2 is 1.86 bits per heavy atom. The summed E-state index contributed by atoms with van der Waals surface area (Å²) in [4.78, 5) is 4.21. The normalized spacial score (nSPS) is 12.4. The third-order valence-corrected chi connectivity index (χ3v) is 4.28. The molecular weight excluding hydrogens is 369 g/mol. The Morgan fingerprint density at radius 3 is 2.62 bits per heavy atom. The number of para-hydroxylation sites is 1. The SMILES string of the molecule is CN=C(NCc1cnn(Cc2ccccc2)c1)NCC(C)Oc1ccccc1F. The van der Waals surface area contributed by atoms with Crippen molar-refractivity contribution in [1.82, 2.24) is 20.4 Å². The van der Waals surface area contributed by atoms with Crippen molar-refractivity contribution in [3.8, 4) is 5.75 Å². The molecule has 0 fully saturated rings. The van der Waals surface area contributed by atoms with E-state index in [1.165, 1.54) is 11.6 Å². The second-order valence-corrected chi connectivity index (χ2v) is 6.70. The van der Waals surface area contributed by atoms with Crippen LogP contribution in [0.5, 0.6) is 5.75 Å². The van der Waals surface area contributed by atoms with Gasteiger partial charge in [0.2, 0.25) is 0 Å². The smallest absolute Gasteiger partial charge is 0.191 e. The Kier molecular flexibility index (Phi) is 7.22. The van der Waals surface area contributed by atoms with Gasteiger partial charge in [-0.2, -0.15) is 5.10 Å². The molecule has 2 N–H and O–H groups in total. The van der Waals surface area contributed by atoms with Crippen LogP contribution in [0.2, 0.25) is 0 Å². The molecule has 0 amide bonds. The Labute approximate surface area is 170 Å². The van der Waals surface area contributed by atoms with Crippen molar-refractivity contribution < 1.29 is 9.13 Å². The number of ether oxygens (including phenoxy) is 1. The molecule has 1 atom stereocenters. The highest BCUT2D eigenvalue weighted by molar-refractivity contribution is 5.79. The summed E-state index contributed by atoms with van der Waals surface area (Å²) in [6, 6.07) is 16.6. The van der Waals surface area contributed by atoms with Crippen LogP contribution in [0.4, 0.5) is 4.39 Å². The highest BCUT2D eigenvalue weighted by Crippen LogP contribution is 2.16. The molecule has 0 bridgehead atoms. The molecule has 2 aromatic carbocycles. The zero-order valence-electron chi connectivity index (χ0n) is 16.7. The van der Waals surface area contributed by atoms with Crippen molar-refractivity contribution in [3.05, 3.63) is 83.9 Å². The third kappa shape index (κ3) is 6.34.